The van der Waals surface area contributed by atoms with E-state index >= 15 is 0 Å². The fraction of sp³-hybridized carbons (Fsp3) is 0.429. The van der Waals surface area contributed by atoms with E-state index in [4.69, 9.17) is 4.74 Å². The summed E-state index contributed by atoms with van der Waals surface area (Å²) in [5, 5.41) is 14.6. The molecule has 2 N–H and O–H groups in total. The van der Waals surface area contributed by atoms with Gasteiger partial charge >= 0.3 is 0 Å². The fourth-order valence-electron chi connectivity index (χ4n) is 1.89. The minimum atomic E-state index is -0.457. The molecule has 0 aliphatic carbocycles. The van der Waals surface area contributed by atoms with Gasteiger partial charge in [0.2, 0.25) is 0 Å². The van der Waals surface area contributed by atoms with Gasteiger partial charge < -0.3 is 15.2 Å². The molecule has 18 heavy (non-hydrogen) atoms. The SMILES string of the molecule is COCC(C)NCC(O)c1cc2ccccc2s1. The smallest absolute Gasteiger partial charge is 0.101 e. The topological polar surface area (TPSA) is 41.5 Å². The third-order valence-electron chi connectivity index (χ3n) is 2.85. The Hall–Kier alpha value is -0.940. The van der Waals surface area contributed by atoms with Gasteiger partial charge in [-0.2, -0.15) is 0 Å². The van der Waals surface area contributed by atoms with E-state index in [1.807, 2.05) is 19.1 Å². The van der Waals surface area contributed by atoms with Crippen molar-refractivity contribution in [2.24, 2.45) is 0 Å². The van der Waals surface area contributed by atoms with E-state index in [1.54, 1.807) is 18.4 Å². The van der Waals surface area contributed by atoms with Crippen LogP contribution in [0.5, 0.6) is 0 Å². The molecule has 0 fully saturated rings. The molecule has 0 saturated carbocycles. The van der Waals surface area contributed by atoms with E-state index < -0.39 is 6.10 Å². The standard InChI is InChI=1S/C14H19NO2S/c1-10(9-17-2)15-8-12(16)14-7-11-5-3-4-6-13(11)18-14/h3-7,10,12,15-16H,8-9H2,1-2H3. The summed E-state index contributed by atoms with van der Waals surface area (Å²) in [6.07, 6.45) is -0.457. The molecular formula is C14H19NO2S. The van der Waals surface area contributed by atoms with Crippen LogP contribution in [-0.4, -0.2) is 31.4 Å². The van der Waals surface area contributed by atoms with E-state index in [1.165, 1.54) is 10.1 Å². The lowest BCUT2D eigenvalue weighted by Gasteiger charge is -2.15. The molecule has 4 heteroatoms. The number of hydrogen-bond donors (Lipinski definition) is 2. The summed E-state index contributed by atoms with van der Waals surface area (Å²) in [4.78, 5) is 1.01. The summed E-state index contributed by atoms with van der Waals surface area (Å²) >= 11 is 1.65. The molecule has 1 heterocycles. The van der Waals surface area contributed by atoms with E-state index in [-0.39, 0.29) is 6.04 Å². The maximum absolute atomic E-state index is 10.1. The number of aliphatic hydroxyl groups is 1. The van der Waals surface area contributed by atoms with Gasteiger partial charge in [-0.1, -0.05) is 18.2 Å². The van der Waals surface area contributed by atoms with Gasteiger partial charge in [-0.15, -0.1) is 11.3 Å². The van der Waals surface area contributed by atoms with E-state index in [2.05, 4.69) is 23.5 Å². The van der Waals surface area contributed by atoms with Crippen LogP contribution in [0.1, 0.15) is 17.9 Å². The van der Waals surface area contributed by atoms with Gasteiger partial charge in [0.25, 0.3) is 0 Å². The van der Waals surface area contributed by atoms with Gasteiger partial charge in [0.05, 0.1) is 6.61 Å². The third kappa shape index (κ3) is 3.29. The number of hydrogen-bond acceptors (Lipinski definition) is 4. The van der Waals surface area contributed by atoms with Crippen molar-refractivity contribution in [2.45, 2.75) is 19.1 Å². The highest BCUT2D eigenvalue weighted by Gasteiger charge is 2.12. The normalized spacial score (nSPS) is 14.8. The number of fused-ring (bicyclic) bond motifs is 1. The second-order valence-electron chi connectivity index (χ2n) is 4.47. The zero-order valence-corrected chi connectivity index (χ0v) is 11.5. The molecule has 0 amide bonds. The first-order chi connectivity index (χ1) is 8.70. The van der Waals surface area contributed by atoms with Crippen LogP contribution in [0.4, 0.5) is 0 Å². The van der Waals surface area contributed by atoms with Crippen molar-refractivity contribution < 1.29 is 9.84 Å². The summed E-state index contributed by atoms with van der Waals surface area (Å²) < 4.78 is 6.27. The lowest BCUT2D eigenvalue weighted by atomic mass is 10.2. The Morgan fingerprint density at radius 2 is 2.17 bits per heavy atom. The van der Waals surface area contributed by atoms with Crippen LogP contribution in [0, 0.1) is 0 Å². The molecule has 2 unspecified atom stereocenters. The van der Waals surface area contributed by atoms with Crippen molar-refractivity contribution in [2.75, 3.05) is 20.3 Å². The molecule has 0 aliphatic heterocycles. The average molecular weight is 265 g/mol. The second-order valence-corrected chi connectivity index (χ2v) is 5.58. The average Bonchev–Trinajstić information content (AvgIpc) is 2.80. The molecule has 0 radical (unpaired) electrons. The Labute approximate surface area is 111 Å². The molecular weight excluding hydrogens is 246 g/mol. The monoisotopic (exact) mass is 265 g/mol. The third-order valence-corrected chi connectivity index (χ3v) is 4.07. The Bertz CT molecular complexity index is 464. The minimum Gasteiger partial charge on any atom is -0.386 e. The van der Waals surface area contributed by atoms with Crippen LogP contribution >= 0.6 is 11.3 Å². The maximum atomic E-state index is 10.1. The molecule has 98 valence electrons. The summed E-state index contributed by atoms with van der Waals surface area (Å²) in [5.74, 6) is 0. The molecule has 3 nitrogen and oxygen atoms in total. The Morgan fingerprint density at radius 3 is 2.89 bits per heavy atom. The highest BCUT2D eigenvalue weighted by molar-refractivity contribution is 7.19. The van der Waals surface area contributed by atoms with Gasteiger partial charge in [0, 0.05) is 29.3 Å². The minimum absolute atomic E-state index is 0.249. The number of nitrogens with one attached hydrogen (secondary N) is 1. The van der Waals surface area contributed by atoms with E-state index in [9.17, 15) is 5.11 Å². The largest absolute Gasteiger partial charge is 0.386 e. The highest BCUT2D eigenvalue weighted by Crippen LogP contribution is 2.29. The molecule has 0 saturated heterocycles. The summed E-state index contributed by atoms with van der Waals surface area (Å²) in [6, 6.07) is 10.5. The van der Waals surface area contributed by atoms with Crippen molar-refractivity contribution in [1.29, 1.82) is 0 Å². The molecule has 1 aromatic heterocycles. The van der Waals surface area contributed by atoms with Crippen LogP contribution in [-0.2, 0) is 4.74 Å². The molecule has 0 bridgehead atoms. The second kappa shape index (κ2) is 6.29. The van der Waals surface area contributed by atoms with Gasteiger partial charge in [-0.25, -0.2) is 0 Å². The fourth-order valence-corrected chi connectivity index (χ4v) is 2.94. The Morgan fingerprint density at radius 1 is 1.39 bits per heavy atom. The lowest BCUT2D eigenvalue weighted by Crippen LogP contribution is -2.33. The van der Waals surface area contributed by atoms with Crippen molar-refractivity contribution in [3.8, 4) is 0 Å². The first-order valence-corrected chi connectivity index (χ1v) is 6.91. The summed E-state index contributed by atoms with van der Waals surface area (Å²) in [5.41, 5.74) is 0. The van der Waals surface area contributed by atoms with Gasteiger partial charge in [0.15, 0.2) is 0 Å². The summed E-state index contributed by atoms with van der Waals surface area (Å²) in [7, 11) is 1.68. The predicted molar refractivity (Wildman–Crippen MR) is 76.1 cm³/mol. The molecule has 0 aliphatic rings. The van der Waals surface area contributed by atoms with Crippen LogP contribution < -0.4 is 5.32 Å². The number of rotatable bonds is 6. The van der Waals surface area contributed by atoms with E-state index in [0.29, 0.717) is 13.2 Å². The van der Waals surface area contributed by atoms with Crippen molar-refractivity contribution >= 4 is 21.4 Å². The first kappa shape index (κ1) is 13.5. The van der Waals surface area contributed by atoms with Gasteiger partial charge in [0.1, 0.15) is 6.10 Å². The number of methoxy groups -OCH3 is 1. The van der Waals surface area contributed by atoms with Crippen molar-refractivity contribution in [3.63, 3.8) is 0 Å². The number of thiophene rings is 1. The van der Waals surface area contributed by atoms with Crippen LogP contribution in [0.2, 0.25) is 0 Å². The molecule has 1 aromatic carbocycles. The Balaban J connectivity index is 1.98. The maximum Gasteiger partial charge on any atom is 0.101 e. The number of ether oxygens (including phenoxy) is 1. The van der Waals surface area contributed by atoms with E-state index in [0.717, 1.165) is 4.88 Å². The van der Waals surface area contributed by atoms with Crippen molar-refractivity contribution in [1.82, 2.24) is 5.32 Å². The number of aliphatic hydroxyl groups excluding tert-OH is 1. The van der Waals surface area contributed by atoms with Gasteiger partial charge in [-0.3, -0.25) is 0 Å². The van der Waals surface area contributed by atoms with Crippen molar-refractivity contribution in [3.05, 3.63) is 35.2 Å². The number of benzene rings is 1. The zero-order valence-electron chi connectivity index (χ0n) is 10.7. The predicted octanol–water partition coefficient (Wildman–Crippen LogP) is 2.56. The Kier molecular flexibility index (Phi) is 4.72. The first-order valence-electron chi connectivity index (χ1n) is 6.09. The van der Waals surface area contributed by atoms with Gasteiger partial charge in [-0.05, 0) is 24.4 Å². The quantitative estimate of drug-likeness (QED) is 0.843. The van der Waals surface area contributed by atoms with Crippen LogP contribution in [0.15, 0.2) is 30.3 Å². The molecule has 0 spiro atoms. The highest BCUT2D eigenvalue weighted by atomic mass is 32.1. The zero-order chi connectivity index (χ0) is 13.0. The molecule has 2 aromatic rings. The molecule has 2 atom stereocenters. The summed E-state index contributed by atoms with van der Waals surface area (Å²) in [6.45, 7) is 3.25. The lowest BCUT2D eigenvalue weighted by molar-refractivity contribution is 0.145. The molecule has 2 rings (SSSR count). The van der Waals surface area contributed by atoms with Crippen LogP contribution in [0.3, 0.4) is 0 Å². The van der Waals surface area contributed by atoms with Crippen LogP contribution in [0.25, 0.3) is 10.1 Å².